The summed E-state index contributed by atoms with van der Waals surface area (Å²) < 4.78 is 1.21. The summed E-state index contributed by atoms with van der Waals surface area (Å²) in [6, 6.07) is 2.09. The lowest BCUT2D eigenvalue weighted by Crippen LogP contribution is -2.28. The van der Waals surface area contributed by atoms with E-state index in [1.165, 1.54) is 15.8 Å². The van der Waals surface area contributed by atoms with Gasteiger partial charge in [0.25, 0.3) is 0 Å². The molecule has 1 rings (SSSR count). The summed E-state index contributed by atoms with van der Waals surface area (Å²) in [4.78, 5) is 1.36. The van der Waals surface area contributed by atoms with E-state index in [9.17, 15) is 0 Å². The zero-order chi connectivity index (χ0) is 12.0. The fourth-order valence-corrected chi connectivity index (χ4v) is 3.23. The van der Waals surface area contributed by atoms with Gasteiger partial charge in [-0.1, -0.05) is 13.8 Å². The Morgan fingerprint density at radius 3 is 2.75 bits per heavy atom. The first-order valence-electron chi connectivity index (χ1n) is 5.76. The van der Waals surface area contributed by atoms with Crippen LogP contribution in [0.5, 0.6) is 0 Å². The fourth-order valence-electron chi connectivity index (χ4n) is 1.77. The summed E-state index contributed by atoms with van der Waals surface area (Å²) >= 11 is 5.32. The summed E-state index contributed by atoms with van der Waals surface area (Å²) in [5.74, 6) is 1.32. The topological polar surface area (TPSA) is 38.0 Å². The van der Waals surface area contributed by atoms with Crippen LogP contribution in [0.4, 0.5) is 0 Å². The third kappa shape index (κ3) is 4.95. The van der Waals surface area contributed by atoms with Crippen LogP contribution < -0.4 is 11.1 Å². The van der Waals surface area contributed by atoms with Gasteiger partial charge in [0, 0.05) is 15.9 Å². The Morgan fingerprint density at radius 2 is 2.25 bits per heavy atom. The first-order valence-corrected chi connectivity index (χ1v) is 7.43. The molecule has 0 fully saturated rings. The second-order valence-electron chi connectivity index (χ2n) is 4.55. The molecule has 0 radical (unpaired) electrons. The molecule has 1 aromatic rings. The molecule has 0 bridgehead atoms. The van der Waals surface area contributed by atoms with E-state index in [2.05, 4.69) is 46.5 Å². The van der Waals surface area contributed by atoms with Crippen molar-refractivity contribution in [1.29, 1.82) is 0 Å². The molecular formula is C12H21BrN2S. The molecule has 0 spiro atoms. The third-order valence-electron chi connectivity index (χ3n) is 2.55. The molecule has 0 aliphatic carbocycles. The van der Waals surface area contributed by atoms with Crippen molar-refractivity contribution in [1.82, 2.24) is 5.32 Å². The maximum atomic E-state index is 5.76. The first-order chi connectivity index (χ1) is 7.63. The number of hydrogen-bond acceptors (Lipinski definition) is 3. The molecule has 0 saturated heterocycles. The molecule has 0 amide bonds. The van der Waals surface area contributed by atoms with E-state index in [1.54, 1.807) is 11.3 Å². The normalized spacial score (nSPS) is 13.3. The van der Waals surface area contributed by atoms with Gasteiger partial charge in [0.2, 0.25) is 0 Å². The van der Waals surface area contributed by atoms with E-state index in [4.69, 9.17) is 5.73 Å². The molecule has 2 nitrogen and oxygen atoms in total. The molecule has 1 heterocycles. The molecular weight excluding hydrogens is 284 g/mol. The Bertz CT molecular complexity index is 299. The summed E-state index contributed by atoms with van der Waals surface area (Å²) in [7, 11) is 0. The van der Waals surface area contributed by atoms with E-state index in [0.717, 1.165) is 25.6 Å². The van der Waals surface area contributed by atoms with Gasteiger partial charge in [0.05, 0.1) is 0 Å². The van der Waals surface area contributed by atoms with Gasteiger partial charge in [0.15, 0.2) is 0 Å². The molecule has 1 atom stereocenters. The van der Waals surface area contributed by atoms with E-state index in [1.807, 2.05) is 0 Å². The van der Waals surface area contributed by atoms with E-state index in [-0.39, 0.29) is 0 Å². The number of hydrogen-bond donors (Lipinski definition) is 2. The van der Waals surface area contributed by atoms with Crippen LogP contribution in [0, 0.1) is 11.8 Å². The molecule has 0 aliphatic heterocycles. The van der Waals surface area contributed by atoms with Crippen LogP contribution in [0.25, 0.3) is 0 Å². The van der Waals surface area contributed by atoms with Crippen LogP contribution in [-0.4, -0.2) is 13.1 Å². The molecule has 0 aromatic carbocycles. The van der Waals surface area contributed by atoms with Crippen molar-refractivity contribution in [3.63, 3.8) is 0 Å². The Balaban J connectivity index is 2.26. The highest BCUT2D eigenvalue weighted by Gasteiger charge is 2.09. The molecule has 4 heteroatoms. The molecule has 3 N–H and O–H groups in total. The van der Waals surface area contributed by atoms with Crippen LogP contribution in [-0.2, 0) is 6.54 Å². The van der Waals surface area contributed by atoms with Crippen molar-refractivity contribution in [2.24, 2.45) is 17.6 Å². The monoisotopic (exact) mass is 304 g/mol. The van der Waals surface area contributed by atoms with E-state index in [0.29, 0.717) is 5.92 Å². The number of nitrogens with one attached hydrogen (secondary N) is 1. The van der Waals surface area contributed by atoms with Crippen LogP contribution in [0.3, 0.4) is 0 Å². The molecule has 1 unspecified atom stereocenters. The summed E-state index contributed by atoms with van der Waals surface area (Å²) in [6.07, 6.45) is 1.20. The van der Waals surface area contributed by atoms with Crippen molar-refractivity contribution in [2.75, 3.05) is 13.1 Å². The summed E-state index contributed by atoms with van der Waals surface area (Å²) in [5.41, 5.74) is 5.76. The van der Waals surface area contributed by atoms with Gasteiger partial charge >= 0.3 is 0 Å². The molecule has 0 saturated carbocycles. The van der Waals surface area contributed by atoms with Crippen LogP contribution in [0.2, 0.25) is 0 Å². The number of nitrogens with two attached hydrogens (primary N) is 1. The SMILES string of the molecule is CC(C)CC(CN)CNCc1sccc1Br. The van der Waals surface area contributed by atoms with Crippen LogP contribution in [0.15, 0.2) is 15.9 Å². The average molecular weight is 305 g/mol. The van der Waals surface area contributed by atoms with Gasteiger partial charge in [-0.3, -0.25) is 0 Å². The summed E-state index contributed by atoms with van der Waals surface area (Å²) in [6.45, 7) is 7.22. The lowest BCUT2D eigenvalue weighted by Gasteiger charge is -2.17. The Kier molecular flexibility index (Phi) is 6.58. The zero-order valence-electron chi connectivity index (χ0n) is 10.0. The van der Waals surface area contributed by atoms with Crippen LogP contribution >= 0.6 is 27.3 Å². The number of halogens is 1. The highest BCUT2D eigenvalue weighted by Crippen LogP contribution is 2.22. The van der Waals surface area contributed by atoms with Gasteiger partial charge in [-0.05, 0) is 58.7 Å². The molecule has 92 valence electrons. The van der Waals surface area contributed by atoms with Gasteiger partial charge in [-0.25, -0.2) is 0 Å². The second kappa shape index (κ2) is 7.43. The molecule has 0 aliphatic rings. The minimum atomic E-state index is 0.596. The van der Waals surface area contributed by atoms with E-state index >= 15 is 0 Å². The predicted octanol–water partition coefficient (Wildman–Crippen LogP) is 3.22. The second-order valence-corrected chi connectivity index (χ2v) is 6.41. The van der Waals surface area contributed by atoms with Crippen molar-refractivity contribution >= 4 is 27.3 Å². The Morgan fingerprint density at radius 1 is 1.50 bits per heavy atom. The minimum absolute atomic E-state index is 0.596. The number of rotatable bonds is 7. The summed E-state index contributed by atoms with van der Waals surface area (Å²) in [5, 5.41) is 5.59. The van der Waals surface area contributed by atoms with Crippen molar-refractivity contribution in [2.45, 2.75) is 26.8 Å². The fraction of sp³-hybridized carbons (Fsp3) is 0.667. The maximum Gasteiger partial charge on any atom is 0.0327 e. The molecule has 16 heavy (non-hydrogen) atoms. The zero-order valence-corrected chi connectivity index (χ0v) is 12.4. The third-order valence-corrected chi connectivity index (χ3v) is 4.47. The lowest BCUT2D eigenvalue weighted by molar-refractivity contribution is 0.394. The van der Waals surface area contributed by atoms with Crippen molar-refractivity contribution < 1.29 is 0 Å². The van der Waals surface area contributed by atoms with Crippen molar-refractivity contribution in [3.8, 4) is 0 Å². The van der Waals surface area contributed by atoms with Gasteiger partial charge in [0.1, 0.15) is 0 Å². The van der Waals surface area contributed by atoms with Gasteiger partial charge in [-0.2, -0.15) is 0 Å². The van der Waals surface area contributed by atoms with Gasteiger partial charge < -0.3 is 11.1 Å². The Hall–Kier alpha value is 0.100. The Labute approximate surface area is 111 Å². The predicted molar refractivity (Wildman–Crippen MR) is 75.7 cm³/mol. The van der Waals surface area contributed by atoms with Crippen LogP contribution in [0.1, 0.15) is 25.1 Å². The highest BCUT2D eigenvalue weighted by molar-refractivity contribution is 9.10. The van der Waals surface area contributed by atoms with E-state index < -0.39 is 0 Å². The van der Waals surface area contributed by atoms with Crippen molar-refractivity contribution in [3.05, 3.63) is 20.8 Å². The van der Waals surface area contributed by atoms with Gasteiger partial charge in [-0.15, -0.1) is 11.3 Å². The number of thiophene rings is 1. The minimum Gasteiger partial charge on any atom is -0.330 e. The smallest absolute Gasteiger partial charge is 0.0327 e. The maximum absolute atomic E-state index is 5.76. The highest BCUT2D eigenvalue weighted by atomic mass is 79.9. The average Bonchev–Trinajstić information content (AvgIpc) is 2.62. The first kappa shape index (κ1) is 14.2. The largest absolute Gasteiger partial charge is 0.330 e. The molecule has 1 aromatic heterocycles. The quantitative estimate of drug-likeness (QED) is 0.812. The standard InChI is InChI=1S/C12H21BrN2S/c1-9(2)5-10(6-14)7-15-8-12-11(13)3-4-16-12/h3-4,9-10,15H,5-8,14H2,1-2H3. The lowest BCUT2D eigenvalue weighted by atomic mass is 9.97.